The van der Waals surface area contributed by atoms with Crippen LogP contribution in [0.25, 0.3) is 0 Å². The van der Waals surface area contributed by atoms with Crippen LogP contribution in [0, 0.1) is 26.7 Å². The van der Waals surface area contributed by atoms with E-state index in [0.29, 0.717) is 17.6 Å². The van der Waals surface area contributed by atoms with E-state index in [1.165, 1.54) is 5.69 Å². The first-order valence-corrected chi connectivity index (χ1v) is 7.43. The molecule has 2 heterocycles. The predicted molar refractivity (Wildman–Crippen MR) is 80.9 cm³/mol. The summed E-state index contributed by atoms with van der Waals surface area (Å²) in [5, 5.41) is 7.47. The molecule has 0 radical (unpaired) electrons. The van der Waals surface area contributed by atoms with Crippen molar-refractivity contribution in [1.29, 1.82) is 0 Å². The van der Waals surface area contributed by atoms with E-state index >= 15 is 0 Å². The maximum atomic E-state index is 5.32. The van der Waals surface area contributed by atoms with E-state index in [4.69, 9.17) is 4.52 Å². The minimum absolute atomic E-state index is 0.0612. The molecule has 0 saturated heterocycles. The van der Waals surface area contributed by atoms with Gasteiger partial charge in [-0.25, -0.2) is 4.98 Å². The summed E-state index contributed by atoms with van der Waals surface area (Å²) in [5.41, 5.74) is 2.29. The van der Waals surface area contributed by atoms with Gasteiger partial charge in [0.1, 0.15) is 0 Å². The maximum absolute atomic E-state index is 5.32. The van der Waals surface area contributed by atoms with E-state index in [-0.39, 0.29) is 12.1 Å². The fraction of sp³-hybridized carbons (Fsp3) is 0.667. The zero-order chi connectivity index (χ0) is 15.6. The minimum atomic E-state index is 0.0612. The van der Waals surface area contributed by atoms with Crippen LogP contribution in [0.2, 0.25) is 0 Å². The Hall–Kier alpha value is -1.69. The summed E-state index contributed by atoms with van der Waals surface area (Å²) >= 11 is 0. The van der Waals surface area contributed by atoms with Crippen LogP contribution in [0.15, 0.2) is 10.9 Å². The lowest BCUT2D eigenvalue weighted by molar-refractivity contribution is 0.265. The molecule has 0 unspecified atom stereocenters. The molecule has 21 heavy (non-hydrogen) atoms. The Morgan fingerprint density at radius 2 is 1.95 bits per heavy atom. The highest BCUT2D eigenvalue weighted by molar-refractivity contribution is 5.08. The second-order valence-electron chi connectivity index (χ2n) is 6.04. The number of aryl methyl sites for hydroxylation is 2. The zero-order valence-corrected chi connectivity index (χ0v) is 13.7. The van der Waals surface area contributed by atoms with Crippen molar-refractivity contribution in [3.63, 3.8) is 0 Å². The van der Waals surface area contributed by atoms with Crippen LogP contribution in [0.1, 0.15) is 49.9 Å². The molecule has 0 aromatic carbocycles. The molecule has 0 aliphatic carbocycles. The van der Waals surface area contributed by atoms with E-state index in [0.717, 1.165) is 12.2 Å². The Morgan fingerprint density at radius 3 is 2.43 bits per heavy atom. The van der Waals surface area contributed by atoms with Crippen molar-refractivity contribution in [2.24, 2.45) is 5.92 Å². The molecule has 0 spiro atoms. The number of nitrogens with one attached hydrogen (secondary N) is 1. The summed E-state index contributed by atoms with van der Waals surface area (Å²) in [4.78, 5) is 8.69. The number of nitrogens with zero attached hydrogens (tertiary/aromatic N) is 4. The van der Waals surface area contributed by atoms with Crippen molar-refractivity contribution < 1.29 is 4.52 Å². The largest absolute Gasteiger partial charge is 0.338 e. The first-order valence-electron chi connectivity index (χ1n) is 7.43. The summed E-state index contributed by atoms with van der Waals surface area (Å²) < 4.78 is 7.49. The van der Waals surface area contributed by atoms with Crippen molar-refractivity contribution in [2.45, 2.75) is 60.2 Å². The topological polar surface area (TPSA) is 68.8 Å². The Morgan fingerprint density at radius 1 is 1.24 bits per heavy atom. The molecule has 0 saturated carbocycles. The quantitative estimate of drug-likeness (QED) is 0.886. The van der Waals surface area contributed by atoms with Gasteiger partial charge in [0, 0.05) is 18.3 Å². The molecule has 116 valence electrons. The highest BCUT2D eigenvalue weighted by Gasteiger charge is 2.23. The summed E-state index contributed by atoms with van der Waals surface area (Å²) in [6.45, 7) is 13.3. The SMILES string of the molecule is Cc1noc([C@@H](N[C@@H](C)Cn2cnc(C)c2C)C(C)C)n1. The third-order valence-electron chi connectivity index (χ3n) is 3.76. The van der Waals surface area contributed by atoms with Gasteiger partial charge in [-0.3, -0.25) is 0 Å². The molecule has 0 fully saturated rings. The van der Waals surface area contributed by atoms with Gasteiger partial charge in [0.25, 0.3) is 0 Å². The van der Waals surface area contributed by atoms with Gasteiger partial charge in [0.05, 0.1) is 18.1 Å². The molecule has 2 aromatic rings. The molecule has 0 bridgehead atoms. The molecule has 6 heteroatoms. The van der Waals surface area contributed by atoms with Crippen molar-refractivity contribution in [2.75, 3.05) is 0 Å². The second-order valence-corrected chi connectivity index (χ2v) is 6.04. The molecule has 0 aliphatic rings. The van der Waals surface area contributed by atoms with E-state index < -0.39 is 0 Å². The Bertz CT molecular complexity index is 587. The summed E-state index contributed by atoms with van der Waals surface area (Å²) in [6.07, 6.45) is 1.89. The standard InChI is InChI=1S/C15H25N5O/c1-9(2)14(15-18-13(6)19-21-15)17-10(3)7-20-8-16-11(4)12(20)5/h8-10,14,17H,7H2,1-6H3/t10-,14-/m0/s1. The van der Waals surface area contributed by atoms with Crippen LogP contribution in [0.3, 0.4) is 0 Å². The van der Waals surface area contributed by atoms with Gasteiger partial charge in [-0.05, 0) is 33.6 Å². The molecule has 0 aliphatic heterocycles. The van der Waals surface area contributed by atoms with Crippen molar-refractivity contribution >= 4 is 0 Å². The number of rotatable bonds is 6. The van der Waals surface area contributed by atoms with Crippen LogP contribution >= 0.6 is 0 Å². The fourth-order valence-electron chi connectivity index (χ4n) is 2.37. The van der Waals surface area contributed by atoms with Crippen LogP contribution in [0.4, 0.5) is 0 Å². The van der Waals surface area contributed by atoms with E-state index in [1.807, 2.05) is 20.2 Å². The smallest absolute Gasteiger partial charge is 0.244 e. The molecular formula is C15H25N5O. The van der Waals surface area contributed by atoms with Gasteiger partial charge in [-0.2, -0.15) is 4.98 Å². The van der Waals surface area contributed by atoms with Gasteiger partial charge >= 0.3 is 0 Å². The molecule has 6 nitrogen and oxygen atoms in total. The van der Waals surface area contributed by atoms with Crippen LogP contribution in [-0.2, 0) is 6.54 Å². The normalized spacial score (nSPS) is 14.6. The predicted octanol–water partition coefficient (Wildman–Crippen LogP) is 2.57. The van der Waals surface area contributed by atoms with Crippen molar-refractivity contribution in [3.8, 4) is 0 Å². The lowest BCUT2D eigenvalue weighted by Crippen LogP contribution is -2.36. The van der Waals surface area contributed by atoms with E-state index in [9.17, 15) is 0 Å². The van der Waals surface area contributed by atoms with Gasteiger partial charge in [-0.15, -0.1) is 0 Å². The van der Waals surface area contributed by atoms with Gasteiger partial charge in [0.2, 0.25) is 5.89 Å². The molecule has 2 aromatic heterocycles. The van der Waals surface area contributed by atoms with E-state index in [2.05, 4.69) is 52.7 Å². The molecular weight excluding hydrogens is 266 g/mol. The van der Waals surface area contributed by atoms with Gasteiger partial charge in [0.15, 0.2) is 5.82 Å². The summed E-state index contributed by atoms with van der Waals surface area (Å²) in [7, 11) is 0. The third-order valence-corrected chi connectivity index (χ3v) is 3.76. The van der Waals surface area contributed by atoms with Crippen LogP contribution < -0.4 is 5.32 Å². The minimum Gasteiger partial charge on any atom is -0.338 e. The zero-order valence-electron chi connectivity index (χ0n) is 13.7. The number of hydrogen-bond donors (Lipinski definition) is 1. The average Bonchev–Trinajstić information content (AvgIpc) is 2.97. The number of imidazole rings is 1. The molecule has 0 amide bonds. The molecule has 2 atom stereocenters. The Labute approximate surface area is 126 Å². The highest BCUT2D eigenvalue weighted by Crippen LogP contribution is 2.21. The molecule has 2 rings (SSSR count). The Kier molecular flexibility index (Phi) is 4.77. The van der Waals surface area contributed by atoms with Crippen LogP contribution in [0.5, 0.6) is 0 Å². The monoisotopic (exact) mass is 291 g/mol. The van der Waals surface area contributed by atoms with E-state index in [1.54, 1.807) is 0 Å². The average molecular weight is 291 g/mol. The van der Waals surface area contributed by atoms with Crippen molar-refractivity contribution in [1.82, 2.24) is 25.0 Å². The fourth-order valence-corrected chi connectivity index (χ4v) is 2.37. The maximum Gasteiger partial charge on any atom is 0.244 e. The highest BCUT2D eigenvalue weighted by atomic mass is 16.5. The number of hydrogen-bond acceptors (Lipinski definition) is 5. The summed E-state index contributed by atoms with van der Waals surface area (Å²) in [5.74, 6) is 1.71. The second kappa shape index (κ2) is 6.39. The lowest BCUT2D eigenvalue weighted by atomic mass is 10.0. The third kappa shape index (κ3) is 3.69. The van der Waals surface area contributed by atoms with Crippen molar-refractivity contribution in [3.05, 3.63) is 29.4 Å². The molecule has 1 N–H and O–H groups in total. The lowest BCUT2D eigenvalue weighted by Gasteiger charge is -2.24. The van der Waals surface area contributed by atoms with Gasteiger partial charge in [-0.1, -0.05) is 19.0 Å². The van der Waals surface area contributed by atoms with Gasteiger partial charge < -0.3 is 14.4 Å². The summed E-state index contributed by atoms with van der Waals surface area (Å²) in [6, 6.07) is 0.336. The van der Waals surface area contributed by atoms with Crippen LogP contribution in [-0.4, -0.2) is 25.7 Å². The first-order chi connectivity index (χ1) is 9.88. The first kappa shape index (κ1) is 15.7. The Balaban J connectivity index is 2.05. The number of aromatic nitrogens is 4.